The van der Waals surface area contributed by atoms with Crippen LogP contribution in [0, 0.1) is 6.92 Å². The Hall–Kier alpha value is -3.21. The molecule has 0 atom stereocenters. The molecule has 0 radical (unpaired) electrons. The second-order valence-electron chi connectivity index (χ2n) is 5.51. The maximum atomic E-state index is 5.25. The minimum atomic E-state index is 0.674. The van der Waals surface area contributed by atoms with Gasteiger partial charge in [-0.2, -0.15) is 0 Å². The van der Waals surface area contributed by atoms with E-state index in [1.54, 1.807) is 13.3 Å². The van der Waals surface area contributed by atoms with Crippen molar-refractivity contribution in [3.8, 4) is 28.3 Å². The monoisotopic (exact) mass is 316 g/mol. The predicted octanol–water partition coefficient (Wildman–Crippen LogP) is 3.78. The third-order valence-corrected chi connectivity index (χ3v) is 3.94. The summed E-state index contributed by atoms with van der Waals surface area (Å²) in [5.74, 6) is 1.50. The van der Waals surface area contributed by atoms with Gasteiger partial charge in [0.1, 0.15) is 5.75 Å². The molecule has 0 saturated heterocycles. The summed E-state index contributed by atoms with van der Waals surface area (Å²) in [5.41, 5.74) is 4.95. The van der Waals surface area contributed by atoms with Gasteiger partial charge < -0.3 is 4.74 Å². The molecule has 0 aliphatic heterocycles. The van der Waals surface area contributed by atoms with Gasteiger partial charge in [-0.3, -0.25) is 9.38 Å². The Morgan fingerprint density at radius 3 is 2.54 bits per heavy atom. The summed E-state index contributed by atoms with van der Waals surface area (Å²) in [6, 6.07) is 13.9. The van der Waals surface area contributed by atoms with Crippen molar-refractivity contribution in [1.29, 1.82) is 0 Å². The summed E-state index contributed by atoms with van der Waals surface area (Å²) in [5, 5.41) is 0. The molecule has 4 rings (SSSR count). The van der Waals surface area contributed by atoms with Crippen molar-refractivity contribution in [2.45, 2.75) is 6.92 Å². The number of aromatic nitrogens is 4. The van der Waals surface area contributed by atoms with Gasteiger partial charge in [-0.15, -0.1) is 0 Å². The minimum absolute atomic E-state index is 0.674. The summed E-state index contributed by atoms with van der Waals surface area (Å²) in [7, 11) is 1.66. The summed E-state index contributed by atoms with van der Waals surface area (Å²) in [6.45, 7) is 1.98. The van der Waals surface area contributed by atoms with Gasteiger partial charge in [-0.05, 0) is 49.4 Å². The van der Waals surface area contributed by atoms with E-state index in [0.29, 0.717) is 5.78 Å². The van der Waals surface area contributed by atoms with E-state index in [1.807, 2.05) is 60.1 Å². The van der Waals surface area contributed by atoms with Crippen LogP contribution >= 0.6 is 0 Å². The molecule has 4 aromatic rings. The van der Waals surface area contributed by atoms with Crippen molar-refractivity contribution in [2.75, 3.05) is 7.11 Å². The second kappa shape index (κ2) is 5.77. The van der Waals surface area contributed by atoms with Gasteiger partial charge in [-0.25, -0.2) is 9.97 Å². The van der Waals surface area contributed by atoms with E-state index in [0.717, 1.165) is 34.0 Å². The minimum Gasteiger partial charge on any atom is -0.497 e. The Balaban J connectivity index is 1.99. The summed E-state index contributed by atoms with van der Waals surface area (Å²) in [4.78, 5) is 13.4. The largest absolute Gasteiger partial charge is 0.497 e. The van der Waals surface area contributed by atoms with Crippen molar-refractivity contribution >= 4 is 5.78 Å². The van der Waals surface area contributed by atoms with Gasteiger partial charge in [0.15, 0.2) is 0 Å². The fourth-order valence-electron chi connectivity index (χ4n) is 2.81. The number of pyridine rings is 1. The van der Waals surface area contributed by atoms with Gasteiger partial charge in [0.25, 0.3) is 0 Å². The zero-order valence-corrected chi connectivity index (χ0v) is 13.5. The molecule has 118 valence electrons. The van der Waals surface area contributed by atoms with E-state index in [1.165, 1.54) is 0 Å². The molecule has 0 saturated carbocycles. The molecular formula is C19H16N4O. The van der Waals surface area contributed by atoms with E-state index in [2.05, 4.69) is 16.0 Å². The van der Waals surface area contributed by atoms with Crippen LogP contribution in [0.5, 0.6) is 5.75 Å². The highest BCUT2D eigenvalue weighted by molar-refractivity contribution is 5.81. The molecule has 0 fully saturated rings. The van der Waals surface area contributed by atoms with Crippen LogP contribution in [0.3, 0.4) is 0 Å². The first kappa shape index (κ1) is 14.4. The van der Waals surface area contributed by atoms with Crippen LogP contribution < -0.4 is 4.74 Å². The molecule has 3 aromatic heterocycles. The van der Waals surface area contributed by atoms with Crippen molar-refractivity contribution in [2.24, 2.45) is 0 Å². The normalized spacial score (nSPS) is 10.9. The average molecular weight is 316 g/mol. The van der Waals surface area contributed by atoms with Gasteiger partial charge in [0, 0.05) is 35.4 Å². The highest BCUT2D eigenvalue weighted by Crippen LogP contribution is 2.33. The number of hydrogen-bond acceptors (Lipinski definition) is 4. The fraction of sp³-hybridized carbons (Fsp3) is 0.105. The zero-order chi connectivity index (χ0) is 16.5. The first-order chi connectivity index (χ1) is 11.8. The second-order valence-corrected chi connectivity index (χ2v) is 5.51. The molecule has 0 bridgehead atoms. The molecule has 5 heteroatoms. The Kier molecular flexibility index (Phi) is 3.46. The third kappa shape index (κ3) is 2.40. The Morgan fingerprint density at radius 2 is 1.79 bits per heavy atom. The molecule has 1 aromatic carbocycles. The smallest absolute Gasteiger partial charge is 0.234 e. The van der Waals surface area contributed by atoms with Crippen LogP contribution in [0.1, 0.15) is 5.69 Å². The lowest BCUT2D eigenvalue weighted by atomic mass is 10.0. The van der Waals surface area contributed by atoms with E-state index in [4.69, 9.17) is 9.72 Å². The molecule has 0 unspecified atom stereocenters. The standard InChI is InChI=1S/C19H16N4O/c1-13-12-15(8-10-20-13)18-17(14-4-6-16(24-2)7-5-14)22-19-21-9-3-11-23(18)19/h3-12H,1-2H3. The van der Waals surface area contributed by atoms with Crippen LogP contribution in [0.25, 0.3) is 28.3 Å². The molecule has 5 nitrogen and oxygen atoms in total. The average Bonchev–Trinajstić information content (AvgIpc) is 3.01. The Morgan fingerprint density at radius 1 is 0.958 bits per heavy atom. The molecule has 0 aliphatic rings. The molecule has 24 heavy (non-hydrogen) atoms. The van der Waals surface area contributed by atoms with Crippen molar-refractivity contribution in [3.05, 3.63) is 66.7 Å². The van der Waals surface area contributed by atoms with E-state index < -0.39 is 0 Å². The maximum absolute atomic E-state index is 5.25. The van der Waals surface area contributed by atoms with Crippen molar-refractivity contribution in [1.82, 2.24) is 19.4 Å². The van der Waals surface area contributed by atoms with Gasteiger partial charge >= 0.3 is 0 Å². The predicted molar refractivity (Wildman–Crippen MR) is 92.9 cm³/mol. The Bertz CT molecular complexity index is 1010. The number of hydrogen-bond donors (Lipinski definition) is 0. The number of imidazole rings is 1. The van der Waals surface area contributed by atoms with Crippen molar-refractivity contribution in [3.63, 3.8) is 0 Å². The van der Waals surface area contributed by atoms with Crippen molar-refractivity contribution < 1.29 is 4.74 Å². The molecule has 0 aliphatic carbocycles. The molecule has 0 spiro atoms. The number of nitrogens with zero attached hydrogens (tertiary/aromatic N) is 4. The lowest BCUT2D eigenvalue weighted by Gasteiger charge is -2.07. The number of methoxy groups -OCH3 is 1. The van der Waals surface area contributed by atoms with Crippen LogP contribution in [0.15, 0.2) is 61.1 Å². The quantitative estimate of drug-likeness (QED) is 0.577. The van der Waals surface area contributed by atoms with Crippen LogP contribution in [-0.4, -0.2) is 26.5 Å². The fourth-order valence-corrected chi connectivity index (χ4v) is 2.81. The van der Waals surface area contributed by atoms with Gasteiger partial charge in [0.2, 0.25) is 5.78 Å². The topological polar surface area (TPSA) is 52.3 Å². The highest BCUT2D eigenvalue weighted by Gasteiger charge is 2.16. The first-order valence-corrected chi connectivity index (χ1v) is 7.67. The summed E-state index contributed by atoms with van der Waals surface area (Å²) >= 11 is 0. The zero-order valence-electron chi connectivity index (χ0n) is 13.5. The molecule has 3 heterocycles. The summed E-state index contributed by atoms with van der Waals surface area (Å²) < 4.78 is 7.26. The maximum Gasteiger partial charge on any atom is 0.234 e. The number of aryl methyl sites for hydroxylation is 1. The number of benzene rings is 1. The molecular weight excluding hydrogens is 300 g/mol. The lowest BCUT2D eigenvalue weighted by molar-refractivity contribution is 0.415. The van der Waals surface area contributed by atoms with Crippen LogP contribution in [0.4, 0.5) is 0 Å². The van der Waals surface area contributed by atoms with Gasteiger partial charge in [-0.1, -0.05) is 0 Å². The molecule has 0 amide bonds. The lowest BCUT2D eigenvalue weighted by Crippen LogP contribution is -1.92. The van der Waals surface area contributed by atoms with Crippen LogP contribution in [-0.2, 0) is 0 Å². The number of ether oxygens (including phenoxy) is 1. The molecule has 0 N–H and O–H groups in total. The highest BCUT2D eigenvalue weighted by atomic mass is 16.5. The summed E-state index contributed by atoms with van der Waals surface area (Å²) in [6.07, 6.45) is 5.55. The first-order valence-electron chi connectivity index (χ1n) is 7.67. The van der Waals surface area contributed by atoms with E-state index >= 15 is 0 Å². The number of fused-ring (bicyclic) bond motifs is 1. The van der Waals surface area contributed by atoms with Gasteiger partial charge in [0.05, 0.1) is 18.5 Å². The SMILES string of the molecule is COc1ccc(-c2nc3ncccn3c2-c2ccnc(C)c2)cc1. The van der Waals surface area contributed by atoms with E-state index in [-0.39, 0.29) is 0 Å². The third-order valence-electron chi connectivity index (χ3n) is 3.94. The Labute approximate surface area is 139 Å². The van der Waals surface area contributed by atoms with E-state index in [9.17, 15) is 0 Å². The number of rotatable bonds is 3. The van der Waals surface area contributed by atoms with Crippen LogP contribution in [0.2, 0.25) is 0 Å².